The average molecular weight is 341 g/mol. The molecular weight excluding hydrogens is 330 g/mol. The highest BCUT2D eigenvalue weighted by molar-refractivity contribution is 7.86. The van der Waals surface area contributed by atoms with E-state index in [9.17, 15) is 8.42 Å². The molecule has 0 fully saturated rings. The van der Waals surface area contributed by atoms with Crippen LogP contribution < -0.4 is 4.18 Å². The maximum absolute atomic E-state index is 12.1. The molecule has 0 radical (unpaired) electrons. The molecule has 1 heterocycles. The predicted octanol–water partition coefficient (Wildman–Crippen LogP) is 1.44. The van der Waals surface area contributed by atoms with Gasteiger partial charge in [0.1, 0.15) is 17.8 Å². The third-order valence-electron chi connectivity index (χ3n) is 3.07. The van der Waals surface area contributed by atoms with Crippen molar-refractivity contribution in [2.45, 2.75) is 5.75 Å². The molecule has 0 amide bonds. The summed E-state index contributed by atoms with van der Waals surface area (Å²) in [4.78, 5) is 0. The van der Waals surface area contributed by atoms with Gasteiger partial charge in [-0.1, -0.05) is 12.1 Å². The molecule has 0 N–H and O–H groups in total. The minimum Gasteiger partial charge on any atom is -0.382 e. The number of hydrogen-bond acceptors (Lipinski definition) is 7. The maximum atomic E-state index is 12.1. The third kappa shape index (κ3) is 3.74. The molecule has 0 aliphatic carbocycles. The van der Waals surface area contributed by atoms with E-state index in [2.05, 4.69) is 15.5 Å². The second-order valence-electron chi connectivity index (χ2n) is 4.85. The molecule has 0 unspecified atom stereocenters. The minimum atomic E-state index is -3.84. The van der Waals surface area contributed by atoms with Gasteiger partial charge in [-0.25, -0.2) is 4.68 Å². The lowest BCUT2D eigenvalue weighted by Gasteiger charge is -2.08. The van der Waals surface area contributed by atoms with Crippen molar-refractivity contribution in [3.63, 3.8) is 0 Å². The van der Waals surface area contributed by atoms with Crippen molar-refractivity contribution in [1.29, 1.82) is 5.26 Å². The lowest BCUT2D eigenvalue weighted by molar-refractivity contribution is 0.485. The summed E-state index contributed by atoms with van der Waals surface area (Å²) in [6, 6.07) is 14.6. The van der Waals surface area contributed by atoms with E-state index < -0.39 is 10.1 Å². The van der Waals surface area contributed by atoms with Gasteiger partial charge < -0.3 is 4.18 Å². The number of tetrazole rings is 1. The monoisotopic (exact) mass is 341 g/mol. The molecule has 3 rings (SSSR count). The highest BCUT2D eigenvalue weighted by atomic mass is 32.2. The van der Waals surface area contributed by atoms with Gasteiger partial charge in [-0.15, -0.1) is 5.10 Å². The molecule has 2 aromatic carbocycles. The lowest BCUT2D eigenvalue weighted by atomic mass is 10.2. The molecule has 9 heteroatoms. The molecule has 0 aliphatic heterocycles. The van der Waals surface area contributed by atoms with Crippen molar-refractivity contribution < 1.29 is 12.6 Å². The van der Waals surface area contributed by atoms with E-state index in [0.717, 1.165) is 0 Å². The predicted molar refractivity (Wildman–Crippen MR) is 83.6 cm³/mol. The molecule has 8 nitrogen and oxygen atoms in total. The fraction of sp³-hybridized carbons (Fsp3) is 0.0667. The zero-order valence-electron chi connectivity index (χ0n) is 12.3. The Bertz CT molecular complexity index is 977. The third-order valence-corrected chi connectivity index (χ3v) is 4.21. The van der Waals surface area contributed by atoms with Crippen LogP contribution in [0.15, 0.2) is 54.9 Å². The Morgan fingerprint density at radius 2 is 1.96 bits per heavy atom. The number of hydrogen-bond donors (Lipinski definition) is 0. The largest absolute Gasteiger partial charge is 0.382 e. The Morgan fingerprint density at radius 1 is 1.17 bits per heavy atom. The SMILES string of the molecule is N#Cc1cccc(CS(=O)(=O)Oc2ccc(-n3cnnn3)cc2)c1. The molecule has 0 spiro atoms. The summed E-state index contributed by atoms with van der Waals surface area (Å²) < 4.78 is 30.8. The minimum absolute atomic E-state index is 0.184. The van der Waals surface area contributed by atoms with E-state index in [4.69, 9.17) is 9.44 Å². The first-order chi connectivity index (χ1) is 11.6. The van der Waals surface area contributed by atoms with Gasteiger partial charge in [0.2, 0.25) is 0 Å². The Balaban J connectivity index is 1.73. The van der Waals surface area contributed by atoms with E-state index in [1.165, 1.54) is 29.2 Å². The quantitative estimate of drug-likeness (QED) is 0.646. The van der Waals surface area contributed by atoms with Crippen LogP contribution in [0.2, 0.25) is 0 Å². The van der Waals surface area contributed by atoms with Crippen LogP contribution in [0.25, 0.3) is 5.69 Å². The van der Waals surface area contributed by atoms with Gasteiger partial charge in [-0.2, -0.15) is 13.7 Å². The highest BCUT2D eigenvalue weighted by Crippen LogP contribution is 2.18. The first-order valence-corrected chi connectivity index (χ1v) is 8.38. The lowest BCUT2D eigenvalue weighted by Crippen LogP contribution is -2.12. The molecule has 3 aromatic rings. The summed E-state index contributed by atoms with van der Waals surface area (Å²) in [5.41, 5.74) is 1.55. The highest BCUT2D eigenvalue weighted by Gasteiger charge is 2.14. The average Bonchev–Trinajstić information content (AvgIpc) is 3.09. The molecular formula is C15H11N5O3S. The van der Waals surface area contributed by atoms with Crippen molar-refractivity contribution >= 4 is 10.1 Å². The van der Waals surface area contributed by atoms with Crippen LogP contribution in [0.3, 0.4) is 0 Å². The summed E-state index contributed by atoms with van der Waals surface area (Å²) in [6.07, 6.45) is 1.43. The van der Waals surface area contributed by atoms with Crippen LogP contribution in [-0.4, -0.2) is 28.6 Å². The number of benzene rings is 2. The van der Waals surface area contributed by atoms with Crippen LogP contribution in [0.4, 0.5) is 0 Å². The van der Waals surface area contributed by atoms with E-state index in [0.29, 0.717) is 16.8 Å². The molecule has 0 aliphatic rings. The Hall–Kier alpha value is -3.25. The van der Waals surface area contributed by atoms with Crippen LogP contribution in [-0.2, 0) is 15.9 Å². The first-order valence-electron chi connectivity index (χ1n) is 6.80. The number of nitrogens with zero attached hydrogens (tertiary/aromatic N) is 5. The van der Waals surface area contributed by atoms with Crippen molar-refractivity contribution in [2.24, 2.45) is 0 Å². The zero-order valence-corrected chi connectivity index (χ0v) is 13.1. The normalized spacial score (nSPS) is 11.0. The Morgan fingerprint density at radius 3 is 2.62 bits per heavy atom. The number of aromatic nitrogens is 4. The molecule has 0 atom stereocenters. The zero-order chi connectivity index (χ0) is 17.0. The van der Waals surface area contributed by atoms with Crippen LogP contribution in [0.5, 0.6) is 5.75 Å². The van der Waals surface area contributed by atoms with Crippen molar-refractivity contribution in [1.82, 2.24) is 20.2 Å². The Kier molecular flexibility index (Phi) is 4.22. The first kappa shape index (κ1) is 15.6. The van der Waals surface area contributed by atoms with Gasteiger partial charge in [0, 0.05) is 0 Å². The summed E-state index contributed by atoms with van der Waals surface area (Å²) in [7, 11) is -3.84. The second kappa shape index (κ2) is 6.47. The molecule has 1 aromatic heterocycles. The molecule has 0 saturated carbocycles. The smallest absolute Gasteiger partial charge is 0.313 e. The maximum Gasteiger partial charge on any atom is 0.313 e. The van der Waals surface area contributed by atoms with Crippen molar-refractivity contribution in [3.05, 3.63) is 66.0 Å². The Labute approximate surface area is 138 Å². The molecule has 24 heavy (non-hydrogen) atoms. The number of rotatable bonds is 5. The van der Waals surface area contributed by atoms with E-state index >= 15 is 0 Å². The standard InChI is InChI=1S/C15H11N5O3S/c16-9-12-2-1-3-13(8-12)10-24(21,22)23-15-6-4-14(5-7-15)20-11-17-18-19-20/h1-8,11H,10H2. The van der Waals surface area contributed by atoms with E-state index in [-0.39, 0.29) is 11.5 Å². The van der Waals surface area contributed by atoms with Crippen molar-refractivity contribution in [3.8, 4) is 17.5 Å². The molecule has 0 saturated heterocycles. The van der Waals surface area contributed by atoms with Gasteiger partial charge in [-0.3, -0.25) is 0 Å². The molecule has 120 valence electrons. The van der Waals surface area contributed by atoms with Gasteiger partial charge >= 0.3 is 10.1 Å². The fourth-order valence-corrected chi connectivity index (χ4v) is 3.10. The van der Waals surface area contributed by atoms with E-state index in [1.54, 1.807) is 30.3 Å². The summed E-state index contributed by atoms with van der Waals surface area (Å²) >= 11 is 0. The van der Waals surface area contributed by atoms with Gasteiger partial charge in [0.05, 0.1) is 17.3 Å². The van der Waals surface area contributed by atoms with Gasteiger partial charge in [-0.05, 0) is 52.4 Å². The fourth-order valence-electron chi connectivity index (χ4n) is 2.04. The second-order valence-corrected chi connectivity index (χ2v) is 6.42. The van der Waals surface area contributed by atoms with Gasteiger partial charge in [0.25, 0.3) is 0 Å². The van der Waals surface area contributed by atoms with Crippen LogP contribution in [0.1, 0.15) is 11.1 Å². The summed E-state index contributed by atoms with van der Waals surface area (Å²) in [6.45, 7) is 0. The van der Waals surface area contributed by atoms with Gasteiger partial charge in [0.15, 0.2) is 0 Å². The topological polar surface area (TPSA) is 111 Å². The van der Waals surface area contributed by atoms with E-state index in [1.807, 2.05) is 6.07 Å². The van der Waals surface area contributed by atoms with Crippen LogP contribution in [0, 0.1) is 11.3 Å². The summed E-state index contributed by atoms with van der Waals surface area (Å²) in [5, 5.41) is 19.6. The van der Waals surface area contributed by atoms with Crippen LogP contribution >= 0.6 is 0 Å². The molecule has 0 bridgehead atoms. The summed E-state index contributed by atoms with van der Waals surface area (Å²) in [5.74, 6) is -0.139. The number of nitriles is 1. The van der Waals surface area contributed by atoms with Crippen molar-refractivity contribution in [2.75, 3.05) is 0 Å².